The molecule has 1 aromatic rings. The Labute approximate surface area is 185 Å². The van der Waals surface area contributed by atoms with E-state index in [1.54, 1.807) is 26.8 Å². The Hall–Kier alpha value is -2.70. The standard InChI is InChI=1S/C20H27N2O6P.C2H4/c1-4-17(22(24)25)14-13-16(3)27-29(28-18-10-7-6-8-11-18)21-15-9-12-19(21)20(23)26-5-2;1-2/h6-8,10-11,13-14,19H,4-5,9,12,15H2,1-3H3;1-2H2/b16-13+,17-14+;. The highest BCUT2D eigenvalue weighted by atomic mass is 31.2. The summed E-state index contributed by atoms with van der Waals surface area (Å²) in [6.45, 7) is 12.2. The summed E-state index contributed by atoms with van der Waals surface area (Å²) in [5, 5.41) is 11.0. The van der Waals surface area contributed by atoms with Crippen LogP contribution in [0.4, 0.5) is 0 Å². The van der Waals surface area contributed by atoms with E-state index in [0.29, 0.717) is 37.5 Å². The highest BCUT2D eigenvalue weighted by molar-refractivity contribution is 7.45. The van der Waals surface area contributed by atoms with Crippen molar-refractivity contribution in [2.75, 3.05) is 13.2 Å². The minimum Gasteiger partial charge on any atom is -0.465 e. The zero-order valence-corrected chi connectivity index (χ0v) is 19.3. The largest absolute Gasteiger partial charge is 0.465 e. The molecule has 8 nitrogen and oxygen atoms in total. The van der Waals surface area contributed by atoms with E-state index < -0.39 is 19.5 Å². The smallest absolute Gasteiger partial charge is 0.385 e. The van der Waals surface area contributed by atoms with E-state index in [2.05, 4.69) is 13.2 Å². The van der Waals surface area contributed by atoms with Crippen molar-refractivity contribution in [1.29, 1.82) is 0 Å². The van der Waals surface area contributed by atoms with Gasteiger partial charge in [-0.25, -0.2) is 4.67 Å². The van der Waals surface area contributed by atoms with Crippen LogP contribution in [0.2, 0.25) is 0 Å². The maximum Gasteiger partial charge on any atom is 0.385 e. The average Bonchev–Trinajstić information content (AvgIpc) is 3.26. The van der Waals surface area contributed by atoms with Gasteiger partial charge in [0.05, 0.1) is 11.5 Å². The predicted octanol–water partition coefficient (Wildman–Crippen LogP) is 5.61. The third-order valence-electron chi connectivity index (χ3n) is 4.25. The van der Waals surface area contributed by atoms with E-state index in [9.17, 15) is 14.9 Å². The molecule has 1 aromatic carbocycles. The lowest BCUT2D eigenvalue weighted by molar-refractivity contribution is -0.427. The molecule has 0 bridgehead atoms. The molecule has 0 saturated carbocycles. The lowest BCUT2D eigenvalue weighted by atomic mass is 10.2. The van der Waals surface area contributed by atoms with Gasteiger partial charge in [0.2, 0.25) is 5.70 Å². The van der Waals surface area contributed by atoms with Gasteiger partial charge in [-0.15, -0.1) is 13.2 Å². The van der Waals surface area contributed by atoms with Gasteiger partial charge in [-0.3, -0.25) is 14.9 Å². The fraction of sp³-hybridized carbons (Fsp3) is 0.409. The number of hydrogen-bond acceptors (Lipinski definition) is 7. The number of nitro groups is 1. The fourth-order valence-corrected chi connectivity index (χ4v) is 4.39. The summed E-state index contributed by atoms with van der Waals surface area (Å²) < 4.78 is 19.2. The molecular formula is C22H31N2O6P. The van der Waals surface area contributed by atoms with Gasteiger partial charge in [0.25, 0.3) is 0 Å². The topological polar surface area (TPSA) is 91.1 Å². The van der Waals surface area contributed by atoms with Crippen molar-refractivity contribution >= 4 is 14.5 Å². The van der Waals surface area contributed by atoms with E-state index in [1.807, 2.05) is 35.0 Å². The lowest BCUT2D eigenvalue weighted by Gasteiger charge is -2.29. The number of allylic oxidation sites excluding steroid dienone is 4. The lowest BCUT2D eigenvalue weighted by Crippen LogP contribution is -2.35. The first kappa shape index (κ1) is 26.3. The molecule has 9 heteroatoms. The second-order valence-corrected chi connectivity index (χ2v) is 7.71. The van der Waals surface area contributed by atoms with E-state index >= 15 is 0 Å². The molecule has 170 valence electrons. The van der Waals surface area contributed by atoms with Gasteiger partial charge in [0.15, 0.2) is 0 Å². The highest BCUT2D eigenvalue weighted by Crippen LogP contribution is 2.49. The molecule has 0 aromatic heterocycles. The Kier molecular flexibility index (Phi) is 12.2. The zero-order chi connectivity index (χ0) is 23.2. The number of para-hydroxylation sites is 1. The first-order chi connectivity index (χ1) is 15.0. The minimum absolute atomic E-state index is 0.0897. The number of carbonyl (C=O) groups is 1. The summed E-state index contributed by atoms with van der Waals surface area (Å²) in [5.41, 5.74) is 0.0897. The molecule has 1 heterocycles. The Morgan fingerprint density at radius 1 is 1.29 bits per heavy atom. The van der Waals surface area contributed by atoms with Crippen LogP contribution in [0.15, 0.2) is 67.1 Å². The van der Waals surface area contributed by atoms with Gasteiger partial charge in [-0.2, -0.15) is 0 Å². The van der Waals surface area contributed by atoms with Crippen LogP contribution in [0.25, 0.3) is 0 Å². The van der Waals surface area contributed by atoms with E-state index in [4.69, 9.17) is 13.8 Å². The molecule has 0 spiro atoms. The number of ether oxygens (including phenoxy) is 1. The number of esters is 1. The number of carbonyl (C=O) groups excluding carboxylic acids is 1. The Balaban J connectivity index is 0.00000233. The first-order valence-electron chi connectivity index (χ1n) is 10.1. The van der Waals surface area contributed by atoms with E-state index in [-0.39, 0.29) is 11.7 Å². The van der Waals surface area contributed by atoms with E-state index in [1.165, 1.54) is 6.08 Å². The van der Waals surface area contributed by atoms with Crippen molar-refractivity contribution in [1.82, 2.24) is 4.67 Å². The monoisotopic (exact) mass is 450 g/mol. The van der Waals surface area contributed by atoms with Crippen LogP contribution in [0.5, 0.6) is 5.75 Å². The normalized spacial score (nSPS) is 17.8. The fourth-order valence-electron chi connectivity index (χ4n) is 2.79. The molecule has 2 rings (SSSR count). The molecule has 0 aliphatic carbocycles. The molecule has 1 saturated heterocycles. The molecule has 1 aliphatic heterocycles. The second kappa shape index (κ2) is 14.3. The average molecular weight is 450 g/mol. The Bertz CT molecular complexity index is 769. The number of benzene rings is 1. The number of hydrogen-bond donors (Lipinski definition) is 0. The van der Waals surface area contributed by atoms with Crippen molar-refractivity contribution in [2.24, 2.45) is 0 Å². The molecule has 1 fully saturated rings. The van der Waals surface area contributed by atoms with Gasteiger partial charge < -0.3 is 13.8 Å². The first-order valence-corrected chi connectivity index (χ1v) is 11.2. The zero-order valence-electron chi connectivity index (χ0n) is 18.4. The molecule has 0 N–H and O–H groups in total. The van der Waals surface area contributed by atoms with Crippen molar-refractivity contribution < 1.29 is 23.5 Å². The third-order valence-corrected chi connectivity index (χ3v) is 5.96. The van der Waals surface area contributed by atoms with Gasteiger partial charge >= 0.3 is 14.5 Å². The van der Waals surface area contributed by atoms with Crippen LogP contribution in [0.1, 0.15) is 40.0 Å². The molecule has 0 amide bonds. The summed E-state index contributed by atoms with van der Waals surface area (Å²) in [6.07, 6.45) is 4.79. The minimum atomic E-state index is -1.65. The van der Waals surface area contributed by atoms with Crippen LogP contribution in [0, 0.1) is 10.1 Å². The van der Waals surface area contributed by atoms with Crippen LogP contribution >= 0.6 is 8.53 Å². The summed E-state index contributed by atoms with van der Waals surface area (Å²) in [5.74, 6) is 0.797. The van der Waals surface area contributed by atoms with Gasteiger partial charge in [0.1, 0.15) is 17.6 Å². The summed E-state index contributed by atoms with van der Waals surface area (Å²) in [4.78, 5) is 22.9. The maximum atomic E-state index is 12.4. The van der Waals surface area contributed by atoms with Crippen LogP contribution in [0.3, 0.4) is 0 Å². The van der Waals surface area contributed by atoms with Crippen molar-refractivity contribution in [3.8, 4) is 5.75 Å². The molecule has 0 radical (unpaired) electrons. The SMILES string of the molecule is C=C.CCOC(=O)C1CCCN1P(O/C(C)=C/C=C(\CC)[N+](=O)[O-])Oc1ccccc1. The summed E-state index contributed by atoms with van der Waals surface area (Å²) >= 11 is 0. The Morgan fingerprint density at radius 3 is 2.55 bits per heavy atom. The summed E-state index contributed by atoms with van der Waals surface area (Å²) in [6, 6.07) is 8.78. The molecule has 1 aliphatic rings. The predicted molar refractivity (Wildman–Crippen MR) is 122 cm³/mol. The second-order valence-electron chi connectivity index (χ2n) is 6.35. The molecule has 2 atom stereocenters. The molecule has 2 unspecified atom stereocenters. The Morgan fingerprint density at radius 2 is 1.97 bits per heavy atom. The van der Waals surface area contributed by atoms with Crippen molar-refractivity contribution in [2.45, 2.75) is 46.1 Å². The van der Waals surface area contributed by atoms with Crippen LogP contribution in [-0.4, -0.2) is 34.8 Å². The van der Waals surface area contributed by atoms with Crippen molar-refractivity contribution in [3.05, 3.63) is 77.2 Å². The number of rotatable bonds is 10. The van der Waals surface area contributed by atoms with Crippen LogP contribution in [-0.2, 0) is 14.1 Å². The van der Waals surface area contributed by atoms with Gasteiger partial charge in [-0.05, 0) is 44.9 Å². The number of nitrogens with zero attached hydrogens (tertiary/aromatic N) is 2. The third kappa shape index (κ3) is 8.52. The maximum absolute atomic E-state index is 12.4. The molecular weight excluding hydrogens is 419 g/mol. The quantitative estimate of drug-likeness (QED) is 0.0870. The van der Waals surface area contributed by atoms with Gasteiger partial charge in [-0.1, -0.05) is 25.1 Å². The van der Waals surface area contributed by atoms with Gasteiger partial charge in [0, 0.05) is 19.0 Å². The van der Waals surface area contributed by atoms with E-state index in [0.717, 1.165) is 6.42 Å². The highest BCUT2D eigenvalue weighted by Gasteiger charge is 2.40. The van der Waals surface area contributed by atoms with Crippen LogP contribution < -0.4 is 4.52 Å². The molecule has 31 heavy (non-hydrogen) atoms. The van der Waals surface area contributed by atoms with Crippen molar-refractivity contribution in [3.63, 3.8) is 0 Å². The summed E-state index contributed by atoms with van der Waals surface area (Å²) in [7, 11) is -1.65.